The Labute approximate surface area is 111 Å². The number of imidazole rings is 1. The molecular formula is C12H19N3O4. The van der Waals surface area contributed by atoms with Crippen LogP contribution in [0.3, 0.4) is 0 Å². The highest BCUT2D eigenvalue weighted by Gasteiger charge is 2.21. The molecule has 0 aliphatic carbocycles. The molecule has 0 aromatic carbocycles. The number of anilines is 1. The molecule has 2 N–H and O–H groups in total. The Morgan fingerprint density at radius 2 is 2.05 bits per heavy atom. The van der Waals surface area contributed by atoms with E-state index in [4.69, 9.17) is 10.5 Å². The van der Waals surface area contributed by atoms with Crippen molar-refractivity contribution >= 4 is 17.8 Å². The third-order valence-corrected chi connectivity index (χ3v) is 2.64. The summed E-state index contributed by atoms with van der Waals surface area (Å²) in [6.45, 7) is 4.19. The number of hydrogen-bond donors (Lipinski definition) is 1. The average molecular weight is 269 g/mol. The summed E-state index contributed by atoms with van der Waals surface area (Å²) in [7, 11) is 1.32. The molecule has 0 radical (unpaired) electrons. The molecule has 0 bridgehead atoms. The summed E-state index contributed by atoms with van der Waals surface area (Å²) < 4.78 is 11.1. The van der Waals surface area contributed by atoms with Gasteiger partial charge in [-0.25, -0.2) is 9.78 Å². The topological polar surface area (TPSA) is 96.4 Å². The lowest BCUT2D eigenvalue weighted by atomic mass is 10.4. The predicted octanol–water partition coefficient (Wildman–Crippen LogP) is 0.767. The lowest BCUT2D eigenvalue weighted by Crippen LogP contribution is -2.13. The van der Waals surface area contributed by atoms with Crippen molar-refractivity contribution in [1.29, 1.82) is 0 Å². The van der Waals surface area contributed by atoms with Crippen LogP contribution in [-0.4, -0.2) is 35.2 Å². The first-order chi connectivity index (χ1) is 9.04. The third kappa shape index (κ3) is 3.46. The molecule has 0 amide bonds. The highest BCUT2D eigenvalue weighted by molar-refractivity contribution is 5.92. The molecule has 1 rings (SSSR count). The molecule has 0 spiro atoms. The molecule has 1 heterocycles. The Bertz CT molecular complexity index is 468. The second kappa shape index (κ2) is 6.77. The van der Waals surface area contributed by atoms with Gasteiger partial charge in [0, 0.05) is 13.0 Å². The van der Waals surface area contributed by atoms with Gasteiger partial charge in [-0.3, -0.25) is 4.79 Å². The van der Waals surface area contributed by atoms with Crippen molar-refractivity contribution in [3.05, 3.63) is 11.5 Å². The molecule has 1 aromatic heterocycles. The van der Waals surface area contributed by atoms with Gasteiger partial charge in [0.05, 0.1) is 20.1 Å². The molecule has 0 aliphatic rings. The SMILES string of the molecule is CCOC(=O)c1nc(CC)n(CCC(=O)OC)c1N. The molecule has 0 aliphatic heterocycles. The maximum atomic E-state index is 11.7. The van der Waals surface area contributed by atoms with Gasteiger partial charge in [0.25, 0.3) is 0 Å². The van der Waals surface area contributed by atoms with Crippen molar-refractivity contribution < 1.29 is 19.1 Å². The standard InChI is InChI=1S/C12H19N3O4/c1-4-8-14-10(12(17)19-5-2)11(13)15(8)7-6-9(16)18-3/h4-7,13H2,1-3H3. The van der Waals surface area contributed by atoms with Gasteiger partial charge in [-0.1, -0.05) is 6.92 Å². The van der Waals surface area contributed by atoms with E-state index in [1.54, 1.807) is 11.5 Å². The van der Waals surface area contributed by atoms with Gasteiger partial charge in [0.1, 0.15) is 11.6 Å². The van der Waals surface area contributed by atoms with Crippen LogP contribution in [-0.2, 0) is 27.2 Å². The van der Waals surface area contributed by atoms with E-state index in [1.165, 1.54) is 7.11 Å². The molecule has 0 unspecified atom stereocenters. The molecular weight excluding hydrogens is 250 g/mol. The number of carbonyl (C=O) groups excluding carboxylic acids is 2. The van der Waals surface area contributed by atoms with Gasteiger partial charge >= 0.3 is 11.9 Å². The van der Waals surface area contributed by atoms with E-state index >= 15 is 0 Å². The van der Waals surface area contributed by atoms with Crippen molar-refractivity contribution in [3.8, 4) is 0 Å². The number of esters is 2. The van der Waals surface area contributed by atoms with Gasteiger partial charge in [0.15, 0.2) is 5.69 Å². The van der Waals surface area contributed by atoms with Crippen LogP contribution in [0.15, 0.2) is 0 Å². The van der Waals surface area contributed by atoms with Crippen LogP contribution < -0.4 is 5.73 Å². The van der Waals surface area contributed by atoms with Crippen molar-refractivity contribution in [2.75, 3.05) is 19.5 Å². The van der Waals surface area contributed by atoms with Crippen LogP contribution in [0.2, 0.25) is 0 Å². The van der Waals surface area contributed by atoms with Gasteiger partial charge in [-0.05, 0) is 6.92 Å². The first kappa shape index (κ1) is 15.0. The lowest BCUT2D eigenvalue weighted by molar-refractivity contribution is -0.140. The molecule has 106 valence electrons. The van der Waals surface area contributed by atoms with E-state index < -0.39 is 5.97 Å². The monoisotopic (exact) mass is 269 g/mol. The zero-order chi connectivity index (χ0) is 14.4. The highest BCUT2D eigenvalue weighted by atomic mass is 16.5. The summed E-state index contributed by atoms with van der Waals surface area (Å²) in [6.07, 6.45) is 0.775. The minimum absolute atomic E-state index is 0.101. The number of aryl methyl sites for hydroxylation is 1. The number of rotatable bonds is 6. The number of nitrogen functional groups attached to an aromatic ring is 1. The number of aromatic nitrogens is 2. The number of nitrogens with zero attached hydrogens (tertiary/aromatic N) is 2. The summed E-state index contributed by atoms with van der Waals surface area (Å²) in [4.78, 5) is 27.0. The molecule has 0 atom stereocenters. The number of ether oxygens (including phenoxy) is 2. The summed E-state index contributed by atoms with van der Waals surface area (Å²) >= 11 is 0. The zero-order valence-electron chi connectivity index (χ0n) is 11.4. The Balaban J connectivity index is 2.96. The Hall–Kier alpha value is -2.05. The number of hydrogen-bond acceptors (Lipinski definition) is 6. The third-order valence-electron chi connectivity index (χ3n) is 2.64. The highest BCUT2D eigenvalue weighted by Crippen LogP contribution is 2.17. The summed E-state index contributed by atoms with van der Waals surface area (Å²) in [5.74, 6) is -0.0250. The summed E-state index contributed by atoms with van der Waals surface area (Å²) in [5, 5.41) is 0. The van der Waals surface area contributed by atoms with Gasteiger partial charge in [-0.2, -0.15) is 0 Å². The average Bonchev–Trinajstić information content (AvgIpc) is 2.72. The van der Waals surface area contributed by atoms with Crippen LogP contribution in [0.25, 0.3) is 0 Å². The molecule has 7 heteroatoms. The second-order valence-corrected chi connectivity index (χ2v) is 3.81. The normalized spacial score (nSPS) is 10.3. The van der Waals surface area contributed by atoms with Crippen LogP contribution in [0, 0.1) is 0 Å². The number of methoxy groups -OCH3 is 1. The fourth-order valence-electron chi connectivity index (χ4n) is 1.69. The number of nitrogens with two attached hydrogens (primary N) is 1. The van der Waals surface area contributed by atoms with E-state index in [0.29, 0.717) is 18.8 Å². The first-order valence-corrected chi connectivity index (χ1v) is 6.13. The van der Waals surface area contributed by atoms with Crippen LogP contribution >= 0.6 is 0 Å². The Kier molecular flexibility index (Phi) is 5.35. The van der Waals surface area contributed by atoms with E-state index in [-0.39, 0.29) is 30.5 Å². The molecule has 7 nitrogen and oxygen atoms in total. The van der Waals surface area contributed by atoms with Gasteiger partial charge in [-0.15, -0.1) is 0 Å². The van der Waals surface area contributed by atoms with E-state index in [1.807, 2.05) is 6.92 Å². The molecule has 1 aromatic rings. The Morgan fingerprint density at radius 3 is 2.58 bits per heavy atom. The summed E-state index contributed by atoms with van der Waals surface area (Å²) in [5.41, 5.74) is 5.99. The van der Waals surface area contributed by atoms with Gasteiger partial charge < -0.3 is 19.8 Å². The maximum Gasteiger partial charge on any atom is 0.360 e. The van der Waals surface area contributed by atoms with E-state index in [9.17, 15) is 9.59 Å². The van der Waals surface area contributed by atoms with E-state index in [0.717, 1.165) is 0 Å². The fourth-order valence-corrected chi connectivity index (χ4v) is 1.69. The fraction of sp³-hybridized carbons (Fsp3) is 0.583. The van der Waals surface area contributed by atoms with Crippen LogP contribution in [0.5, 0.6) is 0 Å². The van der Waals surface area contributed by atoms with E-state index in [2.05, 4.69) is 9.72 Å². The van der Waals surface area contributed by atoms with Crippen molar-refractivity contribution in [2.24, 2.45) is 0 Å². The largest absolute Gasteiger partial charge is 0.469 e. The Morgan fingerprint density at radius 1 is 1.37 bits per heavy atom. The first-order valence-electron chi connectivity index (χ1n) is 6.13. The lowest BCUT2D eigenvalue weighted by Gasteiger charge is -2.07. The molecule has 0 saturated heterocycles. The minimum Gasteiger partial charge on any atom is -0.469 e. The van der Waals surface area contributed by atoms with Crippen LogP contribution in [0.4, 0.5) is 5.82 Å². The van der Waals surface area contributed by atoms with Crippen molar-refractivity contribution in [1.82, 2.24) is 9.55 Å². The van der Waals surface area contributed by atoms with Crippen LogP contribution in [0.1, 0.15) is 36.6 Å². The predicted molar refractivity (Wildman–Crippen MR) is 68.6 cm³/mol. The molecule has 0 fully saturated rings. The van der Waals surface area contributed by atoms with Gasteiger partial charge in [0.2, 0.25) is 0 Å². The van der Waals surface area contributed by atoms with Crippen molar-refractivity contribution in [3.63, 3.8) is 0 Å². The van der Waals surface area contributed by atoms with Crippen molar-refractivity contribution in [2.45, 2.75) is 33.2 Å². The quantitative estimate of drug-likeness (QED) is 0.766. The summed E-state index contributed by atoms with van der Waals surface area (Å²) in [6, 6.07) is 0. The minimum atomic E-state index is -0.550. The molecule has 19 heavy (non-hydrogen) atoms. The zero-order valence-corrected chi connectivity index (χ0v) is 11.4. The second-order valence-electron chi connectivity index (χ2n) is 3.81. The number of carbonyl (C=O) groups is 2. The molecule has 0 saturated carbocycles. The smallest absolute Gasteiger partial charge is 0.360 e. The maximum absolute atomic E-state index is 11.7.